The van der Waals surface area contributed by atoms with Crippen LogP contribution in [-0.2, 0) is 10.0 Å². The van der Waals surface area contributed by atoms with Crippen molar-refractivity contribution >= 4 is 21.7 Å². The van der Waals surface area contributed by atoms with Crippen LogP contribution in [0.25, 0.3) is 0 Å². The van der Waals surface area contributed by atoms with Crippen molar-refractivity contribution in [3.8, 4) is 0 Å². The number of carboxylic acids is 1. The lowest BCUT2D eigenvalue weighted by Crippen LogP contribution is -2.32. The number of hydrogen-bond donors (Lipinski definition) is 1. The first-order chi connectivity index (χ1) is 11.3. The van der Waals surface area contributed by atoms with E-state index in [1.807, 2.05) is 13.8 Å². The minimum Gasteiger partial charge on any atom is -0.478 e. The summed E-state index contributed by atoms with van der Waals surface area (Å²) in [5, 5.41) is 9.32. The number of rotatable bonds is 6. The standard InChI is InChI=1S/C18H21NO4S/c1-4-19(17-8-6-5-7-16(17)18(20)21)24(22,23)15-11-9-14(10-12-15)13(2)3/h5-13H,4H2,1-3H3,(H,20,21). The number of anilines is 1. The van der Waals surface area contributed by atoms with Crippen LogP contribution in [0.2, 0.25) is 0 Å². The summed E-state index contributed by atoms with van der Waals surface area (Å²) in [6.07, 6.45) is 0. The molecule has 128 valence electrons. The van der Waals surface area contributed by atoms with E-state index < -0.39 is 16.0 Å². The van der Waals surface area contributed by atoms with Crippen molar-refractivity contribution in [2.75, 3.05) is 10.8 Å². The molecule has 0 aliphatic carbocycles. The number of carbonyl (C=O) groups is 1. The van der Waals surface area contributed by atoms with Crippen LogP contribution in [0, 0.1) is 0 Å². The first-order valence-corrected chi connectivity index (χ1v) is 9.18. The highest BCUT2D eigenvalue weighted by Gasteiger charge is 2.26. The topological polar surface area (TPSA) is 74.7 Å². The fraction of sp³-hybridized carbons (Fsp3) is 0.278. The fourth-order valence-electron chi connectivity index (χ4n) is 2.49. The number of nitrogens with zero attached hydrogens (tertiary/aromatic N) is 1. The summed E-state index contributed by atoms with van der Waals surface area (Å²) in [5.74, 6) is -0.855. The predicted molar refractivity (Wildman–Crippen MR) is 94.1 cm³/mol. The molecule has 0 bridgehead atoms. The van der Waals surface area contributed by atoms with Gasteiger partial charge in [-0.25, -0.2) is 13.2 Å². The van der Waals surface area contributed by atoms with Crippen molar-refractivity contribution in [3.63, 3.8) is 0 Å². The molecule has 24 heavy (non-hydrogen) atoms. The minimum absolute atomic E-state index is 0.0401. The monoisotopic (exact) mass is 347 g/mol. The Kier molecular flexibility index (Phi) is 5.29. The Hall–Kier alpha value is -2.34. The lowest BCUT2D eigenvalue weighted by Gasteiger charge is -2.24. The van der Waals surface area contributed by atoms with Crippen LogP contribution in [0.4, 0.5) is 5.69 Å². The number of sulfonamides is 1. The molecule has 0 heterocycles. The maximum atomic E-state index is 13.0. The minimum atomic E-state index is -3.83. The number of benzene rings is 2. The van der Waals surface area contributed by atoms with Crippen LogP contribution < -0.4 is 4.31 Å². The molecule has 0 atom stereocenters. The molecule has 2 aromatic carbocycles. The summed E-state index contributed by atoms with van der Waals surface area (Å²) in [7, 11) is -3.83. The normalized spacial score (nSPS) is 11.5. The maximum Gasteiger partial charge on any atom is 0.337 e. The van der Waals surface area contributed by atoms with Crippen LogP contribution >= 0.6 is 0 Å². The van der Waals surface area contributed by atoms with E-state index in [1.165, 1.54) is 12.1 Å². The molecule has 5 nitrogen and oxygen atoms in total. The summed E-state index contributed by atoms with van der Waals surface area (Å²) in [6, 6.07) is 12.8. The second-order valence-corrected chi connectivity index (χ2v) is 7.58. The SMILES string of the molecule is CCN(c1ccccc1C(=O)O)S(=O)(=O)c1ccc(C(C)C)cc1. The lowest BCUT2D eigenvalue weighted by molar-refractivity contribution is 0.0698. The first-order valence-electron chi connectivity index (χ1n) is 7.74. The van der Waals surface area contributed by atoms with Crippen molar-refractivity contribution in [3.05, 3.63) is 59.7 Å². The molecule has 0 aliphatic heterocycles. The average molecular weight is 347 g/mol. The number of hydrogen-bond acceptors (Lipinski definition) is 3. The lowest BCUT2D eigenvalue weighted by atomic mass is 10.0. The summed E-state index contributed by atoms with van der Waals surface area (Å²) >= 11 is 0. The summed E-state index contributed by atoms with van der Waals surface area (Å²) in [4.78, 5) is 11.6. The van der Waals surface area contributed by atoms with Crippen molar-refractivity contribution in [1.29, 1.82) is 0 Å². The molecule has 6 heteroatoms. The Labute approximate surface area is 142 Å². The largest absolute Gasteiger partial charge is 0.478 e. The van der Waals surface area contributed by atoms with Crippen molar-refractivity contribution in [1.82, 2.24) is 0 Å². The van der Waals surface area contributed by atoms with Crippen molar-refractivity contribution < 1.29 is 18.3 Å². The molecule has 2 rings (SSSR count). The summed E-state index contributed by atoms with van der Waals surface area (Å²) in [5.41, 5.74) is 1.17. The Morgan fingerprint density at radius 2 is 1.67 bits per heavy atom. The van der Waals surface area contributed by atoms with E-state index in [2.05, 4.69) is 0 Å². The molecule has 0 radical (unpaired) electrons. The van der Waals surface area contributed by atoms with Gasteiger partial charge in [0.25, 0.3) is 10.0 Å². The molecular formula is C18H21NO4S. The van der Waals surface area contributed by atoms with Crippen molar-refractivity contribution in [2.45, 2.75) is 31.6 Å². The molecule has 0 fully saturated rings. The van der Waals surface area contributed by atoms with Gasteiger partial charge in [0.2, 0.25) is 0 Å². The highest BCUT2D eigenvalue weighted by molar-refractivity contribution is 7.92. The molecule has 0 saturated heterocycles. The molecule has 0 spiro atoms. The van der Waals surface area contributed by atoms with Crippen LogP contribution in [0.1, 0.15) is 42.6 Å². The molecule has 0 amide bonds. The summed E-state index contributed by atoms with van der Waals surface area (Å²) in [6.45, 7) is 5.88. The van der Waals surface area contributed by atoms with Gasteiger partial charge in [0, 0.05) is 6.54 Å². The van der Waals surface area contributed by atoms with E-state index in [0.717, 1.165) is 9.87 Å². The van der Waals surface area contributed by atoms with Crippen LogP contribution in [-0.4, -0.2) is 26.0 Å². The molecule has 1 N–H and O–H groups in total. The summed E-state index contributed by atoms with van der Waals surface area (Å²) < 4.78 is 27.0. The third kappa shape index (κ3) is 3.43. The van der Waals surface area contributed by atoms with E-state index in [1.54, 1.807) is 43.3 Å². The number of para-hydroxylation sites is 1. The molecule has 0 saturated carbocycles. The number of carboxylic acid groups (broad SMARTS) is 1. The second kappa shape index (κ2) is 7.05. The van der Waals surface area contributed by atoms with E-state index in [4.69, 9.17) is 0 Å². The van der Waals surface area contributed by atoms with E-state index in [0.29, 0.717) is 5.92 Å². The zero-order chi connectivity index (χ0) is 17.9. The van der Waals surface area contributed by atoms with Crippen LogP contribution in [0.15, 0.2) is 53.4 Å². The van der Waals surface area contributed by atoms with E-state index in [-0.39, 0.29) is 22.7 Å². The smallest absolute Gasteiger partial charge is 0.337 e. The second-order valence-electron chi connectivity index (χ2n) is 5.72. The zero-order valence-electron chi connectivity index (χ0n) is 13.9. The van der Waals surface area contributed by atoms with Gasteiger partial charge in [0.1, 0.15) is 0 Å². The Morgan fingerprint density at radius 3 is 2.17 bits per heavy atom. The van der Waals surface area contributed by atoms with Gasteiger partial charge < -0.3 is 5.11 Å². The van der Waals surface area contributed by atoms with Crippen molar-refractivity contribution in [2.24, 2.45) is 0 Å². The van der Waals surface area contributed by atoms with Gasteiger partial charge in [0.05, 0.1) is 16.1 Å². The fourth-order valence-corrected chi connectivity index (χ4v) is 3.99. The molecule has 0 unspecified atom stereocenters. The van der Waals surface area contributed by atoms with Gasteiger partial charge >= 0.3 is 5.97 Å². The zero-order valence-corrected chi connectivity index (χ0v) is 14.7. The van der Waals surface area contributed by atoms with Crippen LogP contribution in [0.3, 0.4) is 0 Å². The quantitative estimate of drug-likeness (QED) is 0.864. The van der Waals surface area contributed by atoms with E-state index in [9.17, 15) is 18.3 Å². The Morgan fingerprint density at radius 1 is 1.08 bits per heavy atom. The number of aromatic carboxylic acids is 1. The van der Waals surface area contributed by atoms with Gasteiger partial charge in [-0.3, -0.25) is 4.31 Å². The van der Waals surface area contributed by atoms with Gasteiger partial charge in [-0.2, -0.15) is 0 Å². The molecule has 0 aromatic heterocycles. The third-order valence-electron chi connectivity index (χ3n) is 3.83. The highest BCUT2D eigenvalue weighted by atomic mass is 32.2. The van der Waals surface area contributed by atoms with Crippen LogP contribution in [0.5, 0.6) is 0 Å². The van der Waals surface area contributed by atoms with Gasteiger partial charge in [-0.05, 0) is 42.7 Å². The molecule has 0 aliphatic rings. The van der Waals surface area contributed by atoms with E-state index >= 15 is 0 Å². The predicted octanol–water partition coefficient (Wildman–Crippen LogP) is 3.72. The average Bonchev–Trinajstić information content (AvgIpc) is 2.55. The van der Waals surface area contributed by atoms with Gasteiger partial charge in [-0.15, -0.1) is 0 Å². The highest BCUT2D eigenvalue weighted by Crippen LogP contribution is 2.27. The Balaban J connectivity index is 2.52. The maximum absolute atomic E-state index is 13.0. The molecular weight excluding hydrogens is 326 g/mol. The van der Waals surface area contributed by atoms with Gasteiger partial charge in [-0.1, -0.05) is 38.1 Å². The molecule has 2 aromatic rings. The third-order valence-corrected chi connectivity index (χ3v) is 5.73. The first kappa shape index (κ1) is 18.0. The van der Waals surface area contributed by atoms with Gasteiger partial charge in [0.15, 0.2) is 0 Å². The Bertz CT molecular complexity index is 826.